The number of anilines is 2. The zero-order valence-corrected chi connectivity index (χ0v) is 9.70. The average Bonchev–Trinajstić information content (AvgIpc) is 2.26. The first-order valence-electron chi connectivity index (χ1n) is 5.29. The van der Waals surface area contributed by atoms with E-state index in [1.807, 2.05) is 0 Å². The van der Waals surface area contributed by atoms with Gasteiger partial charge in [0.05, 0.1) is 11.2 Å². The van der Waals surface area contributed by atoms with Crippen molar-refractivity contribution in [2.24, 2.45) is 0 Å². The summed E-state index contributed by atoms with van der Waals surface area (Å²) in [6, 6.07) is 6.63. The molecule has 1 aromatic heterocycles. The molecule has 0 atom stereocenters. The molecule has 0 amide bonds. The molecule has 2 aromatic rings. The highest BCUT2D eigenvalue weighted by Crippen LogP contribution is 2.29. The second-order valence-corrected chi connectivity index (χ2v) is 4.04. The van der Waals surface area contributed by atoms with Crippen molar-refractivity contribution in [3.63, 3.8) is 0 Å². The van der Waals surface area contributed by atoms with E-state index in [-0.39, 0.29) is 0 Å². The van der Waals surface area contributed by atoms with Crippen LogP contribution >= 0.6 is 0 Å². The van der Waals surface area contributed by atoms with Crippen molar-refractivity contribution in [1.29, 1.82) is 0 Å². The summed E-state index contributed by atoms with van der Waals surface area (Å²) in [6.45, 7) is -1.01. The van der Waals surface area contributed by atoms with Gasteiger partial charge in [-0.2, -0.15) is 13.2 Å². The van der Waals surface area contributed by atoms with Crippen molar-refractivity contribution in [3.05, 3.63) is 30.5 Å². The lowest BCUT2D eigenvalue weighted by Crippen LogP contribution is -2.31. The Morgan fingerprint density at radius 1 is 1.28 bits per heavy atom. The Hall–Kier alpha value is -1.98. The third-order valence-electron chi connectivity index (χ3n) is 2.61. The van der Waals surface area contributed by atoms with Crippen molar-refractivity contribution in [2.45, 2.75) is 6.18 Å². The molecule has 0 unspecified atom stereocenters. The Morgan fingerprint density at radius 3 is 2.67 bits per heavy atom. The lowest BCUT2D eigenvalue weighted by molar-refractivity contribution is -0.119. The third-order valence-corrected chi connectivity index (χ3v) is 2.61. The van der Waals surface area contributed by atoms with Crippen LogP contribution in [0.2, 0.25) is 0 Å². The van der Waals surface area contributed by atoms with Gasteiger partial charge in [-0.25, -0.2) is 0 Å². The average molecular weight is 255 g/mol. The summed E-state index contributed by atoms with van der Waals surface area (Å²) < 4.78 is 37.2. The summed E-state index contributed by atoms with van der Waals surface area (Å²) in [5.74, 6) is 0. The maximum Gasteiger partial charge on any atom is 0.405 e. The number of hydrogen-bond acceptors (Lipinski definition) is 3. The highest BCUT2D eigenvalue weighted by Gasteiger charge is 2.29. The van der Waals surface area contributed by atoms with Crippen LogP contribution in [0, 0.1) is 0 Å². The zero-order valence-electron chi connectivity index (χ0n) is 9.70. The minimum atomic E-state index is -4.25. The number of halogens is 3. The van der Waals surface area contributed by atoms with Crippen molar-refractivity contribution >= 4 is 22.3 Å². The summed E-state index contributed by atoms with van der Waals surface area (Å²) in [5.41, 5.74) is 7.18. The molecule has 0 bridgehead atoms. The molecule has 3 nitrogen and oxygen atoms in total. The van der Waals surface area contributed by atoms with Crippen LogP contribution in [-0.4, -0.2) is 24.8 Å². The third kappa shape index (κ3) is 2.47. The highest BCUT2D eigenvalue weighted by atomic mass is 19.4. The molecule has 0 aliphatic heterocycles. The van der Waals surface area contributed by atoms with Gasteiger partial charge < -0.3 is 10.6 Å². The summed E-state index contributed by atoms with van der Waals surface area (Å²) in [5, 5.41) is 0.615. The molecule has 1 heterocycles. The summed E-state index contributed by atoms with van der Waals surface area (Å²) in [7, 11) is 1.39. The van der Waals surface area contributed by atoms with E-state index in [4.69, 9.17) is 5.73 Å². The van der Waals surface area contributed by atoms with Gasteiger partial charge in [-0.1, -0.05) is 12.1 Å². The summed E-state index contributed by atoms with van der Waals surface area (Å²) in [4.78, 5) is 5.23. The van der Waals surface area contributed by atoms with Crippen molar-refractivity contribution in [3.8, 4) is 0 Å². The Bertz CT molecular complexity index is 566. The van der Waals surface area contributed by atoms with Gasteiger partial charge in [-0.3, -0.25) is 4.98 Å². The largest absolute Gasteiger partial charge is 0.405 e. The van der Waals surface area contributed by atoms with Gasteiger partial charge in [0.25, 0.3) is 0 Å². The molecule has 2 N–H and O–H groups in total. The van der Waals surface area contributed by atoms with Crippen molar-refractivity contribution < 1.29 is 13.2 Å². The van der Waals surface area contributed by atoms with Crippen LogP contribution in [0.3, 0.4) is 0 Å². The first kappa shape index (κ1) is 12.5. The first-order chi connectivity index (χ1) is 8.38. The number of nitrogens with two attached hydrogens (primary N) is 1. The van der Waals surface area contributed by atoms with Gasteiger partial charge in [-0.15, -0.1) is 0 Å². The predicted octanol–water partition coefficient (Wildman–Crippen LogP) is 2.82. The van der Waals surface area contributed by atoms with Crippen LogP contribution in [0.1, 0.15) is 0 Å². The minimum Gasteiger partial charge on any atom is -0.397 e. The van der Waals surface area contributed by atoms with Gasteiger partial charge in [0.15, 0.2) is 0 Å². The van der Waals surface area contributed by atoms with Gasteiger partial charge in [-0.05, 0) is 12.1 Å². The molecule has 0 saturated heterocycles. The Morgan fingerprint density at radius 2 is 2.00 bits per heavy atom. The highest BCUT2D eigenvalue weighted by molar-refractivity contribution is 5.97. The molecular weight excluding hydrogens is 243 g/mol. The van der Waals surface area contributed by atoms with Crippen LogP contribution in [-0.2, 0) is 0 Å². The lowest BCUT2D eigenvalue weighted by Gasteiger charge is -2.22. The van der Waals surface area contributed by atoms with Gasteiger partial charge in [0.1, 0.15) is 6.54 Å². The Labute approximate surface area is 102 Å². The van der Waals surface area contributed by atoms with Gasteiger partial charge in [0.2, 0.25) is 0 Å². The molecule has 96 valence electrons. The molecule has 2 rings (SSSR count). The molecule has 0 aliphatic carbocycles. The number of fused-ring (bicyclic) bond motifs is 1. The van der Waals surface area contributed by atoms with E-state index in [1.165, 1.54) is 13.2 Å². The number of hydrogen-bond donors (Lipinski definition) is 1. The van der Waals surface area contributed by atoms with Gasteiger partial charge in [0, 0.05) is 24.3 Å². The van der Waals surface area contributed by atoms with Crippen LogP contribution in [0.15, 0.2) is 30.5 Å². The van der Waals surface area contributed by atoms with E-state index in [9.17, 15) is 13.2 Å². The maximum atomic E-state index is 12.4. The van der Waals surface area contributed by atoms with E-state index >= 15 is 0 Å². The molecule has 0 aliphatic rings. The molecule has 0 saturated carbocycles. The van der Waals surface area contributed by atoms with E-state index in [1.54, 1.807) is 24.3 Å². The predicted molar refractivity (Wildman–Crippen MR) is 65.5 cm³/mol. The molecule has 0 fully saturated rings. The van der Waals surface area contributed by atoms with Crippen LogP contribution in [0.5, 0.6) is 0 Å². The fourth-order valence-electron chi connectivity index (χ4n) is 1.87. The van der Waals surface area contributed by atoms with Crippen molar-refractivity contribution in [2.75, 3.05) is 24.2 Å². The lowest BCUT2D eigenvalue weighted by atomic mass is 10.1. The number of nitrogens with zero attached hydrogens (tertiary/aromatic N) is 2. The topological polar surface area (TPSA) is 42.2 Å². The number of rotatable bonds is 2. The molecular formula is C12H12F3N3. The van der Waals surface area contributed by atoms with E-state index in [0.717, 1.165) is 4.90 Å². The molecule has 6 heteroatoms. The summed E-state index contributed by atoms with van der Waals surface area (Å²) >= 11 is 0. The van der Waals surface area contributed by atoms with Gasteiger partial charge >= 0.3 is 6.18 Å². The smallest absolute Gasteiger partial charge is 0.397 e. The number of benzene rings is 1. The van der Waals surface area contributed by atoms with E-state index in [0.29, 0.717) is 22.3 Å². The Balaban J connectivity index is 2.48. The summed E-state index contributed by atoms with van der Waals surface area (Å²) in [6.07, 6.45) is -2.79. The second kappa shape index (κ2) is 4.36. The monoisotopic (exact) mass is 255 g/mol. The molecule has 18 heavy (non-hydrogen) atoms. The fourth-order valence-corrected chi connectivity index (χ4v) is 1.87. The van der Waals surface area contributed by atoms with E-state index < -0.39 is 12.7 Å². The number of alkyl halides is 3. The zero-order chi connectivity index (χ0) is 13.3. The first-order valence-corrected chi connectivity index (χ1v) is 5.29. The molecule has 0 radical (unpaired) electrons. The quantitative estimate of drug-likeness (QED) is 0.839. The SMILES string of the molecule is CN(CC(F)(F)F)c1ccnc2c(N)cccc12. The number of pyridine rings is 1. The number of nitrogen functional groups attached to an aromatic ring is 1. The van der Waals surface area contributed by atoms with Crippen molar-refractivity contribution in [1.82, 2.24) is 4.98 Å². The minimum absolute atomic E-state index is 0.453. The fraction of sp³-hybridized carbons (Fsp3) is 0.250. The normalized spacial score (nSPS) is 11.8. The van der Waals surface area contributed by atoms with E-state index in [2.05, 4.69) is 4.98 Å². The molecule has 0 spiro atoms. The van der Waals surface area contributed by atoms with Crippen LogP contribution in [0.4, 0.5) is 24.5 Å². The maximum absolute atomic E-state index is 12.4. The Kier molecular flexibility index (Phi) is 3.02. The number of aromatic nitrogens is 1. The number of para-hydroxylation sites is 1. The molecule has 1 aromatic carbocycles. The van der Waals surface area contributed by atoms with Crippen LogP contribution in [0.25, 0.3) is 10.9 Å². The standard InChI is InChI=1S/C12H12F3N3/c1-18(7-12(13,14)15)10-5-6-17-11-8(10)3-2-4-9(11)16/h2-6H,7,16H2,1H3. The second-order valence-electron chi connectivity index (χ2n) is 4.04. The van der Waals surface area contributed by atoms with Crippen LogP contribution < -0.4 is 10.6 Å².